The number of hydrogen-bond donors (Lipinski definition) is 0. The first kappa shape index (κ1) is 17.3. The van der Waals surface area contributed by atoms with Gasteiger partial charge in [0.2, 0.25) is 5.28 Å². The van der Waals surface area contributed by atoms with Crippen molar-refractivity contribution in [2.45, 2.75) is 6.54 Å². The minimum Gasteiger partial charge on any atom is -0.497 e. The molecule has 0 aliphatic heterocycles. The minimum absolute atomic E-state index is 0.224. The first-order valence-corrected chi connectivity index (χ1v) is 8.83. The molecule has 6 nitrogen and oxygen atoms in total. The largest absolute Gasteiger partial charge is 0.497 e. The van der Waals surface area contributed by atoms with Gasteiger partial charge in [0.15, 0.2) is 0 Å². The molecule has 0 saturated heterocycles. The van der Waals surface area contributed by atoms with Crippen molar-refractivity contribution in [3.63, 3.8) is 0 Å². The van der Waals surface area contributed by atoms with E-state index in [1.165, 1.54) is 0 Å². The second-order valence-electron chi connectivity index (χ2n) is 6.10. The molecule has 7 heteroatoms. The number of hydrogen-bond acceptors (Lipinski definition) is 5. The highest BCUT2D eigenvalue weighted by Crippen LogP contribution is 2.30. The van der Waals surface area contributed by atoms with Crippen LogP contribution in [0.3, 0.4) is 0 Å². The van der Waals surface area contributed by atoms with Crippen molar-refractivity contribution in [2.75, 3.05) is 19.1 Å². The Labute approximate surface area is 162 Å². The Morgan fingerprint density at radius 2 is 1.93 bits per heavy atom. The highest BCUT2D eigenvalue weighted by atomic mass is 35.5. The zero-order valence-electron chi connectivity index (χ0n) is 15.0. The van der Waals surface area contributed by atoms with Crippen molar-refractivity contribution in [3.8, 4) is 5.75 Å². The second kappa shape index (κ2) is 7.25. The van der Waals surface area contributed by atoms with E-state index >= 15 is 0 Å². The minimum atomic E-state index is 0.224. The van der Waals surface area contributed by atoms with E-state index in [4.69, 9.17) is 16.3 Å². The Morgan fingerprint density at radius 1 is 1.11 bits per heavy atom. The van der Waals surface area contributed by atoms with Crippen LogP contribution in [0, 0.1) is 0 Å². The van der Waals surface area contributed by atoms with Crippen molar-refractivity contribution in [1.82, 2.24) is 19.7 Å². The topological polar surface area (TPSA) is 56.1 Å². The van der Waals surface area contributed by atoms with Crippen molar-refractivity contribution in [2.24, 2.45) is 0 Å². The van der Waals surface area contributed by atoms with Gasteiger partial charge in [-0.05, 0) is 47.5 Å². The maximum absolute atomic E-state index is 5.94. The van der Waals surface area contributed by atoms with E-state index in [-0.39, 0.29) is 5.28 Å². The third-order valence-electron chi connectivity index (χ3n) is 4.47. The van der Waals surface area contributed by atoms with Crippen LogP contribution < -0.4 is 9.64 Å². The maximum Gasteiger partial charge on any atom is 0.224 e. The normalized spacial score (nSPS) is 10.9. The molecule has 0 radical (unpaired) electrons. The summed E-state index contributed by atoms with van der Waals surface area (Å²) in [5.74, 6) is 1.57. The number of fused-ring (bicyclic) bond motifs is 1. The molecule has 2 aromatic carbocycles. The summed E-state index contributed by atoms with van der Waals surface area (Å²) in [6.07, 6.45) is 3.53. The Kier molecular flexibility index (Phi) is 4.64. The predicted molar refractivity (Wildman–Crippen MR) is 107 cm³/mol. The lowest BCUT2D eigenvalue weighted by Crippen LogP contribution is -2.11. The monoisotopic (exact) mass is 379 g/mol. The third-order valence-corrected chi connectivity index (χ3v) is 4.65. The van der Waals surface area contributed by atoms with Crippen LogP contribution in [0.15, 0.2) is 60.9 Å². The number of ether oxygens (including phenoxy) is 1. The van der Waals surface area contributed by atoms with E-state index in [2.05, 4.69) is 21.1 Å². The predicted octanol–water partition coefficient (Wildman–Crippen LogP) is 4.30. The lowest BCUT2D eigenvalue weighted by molar-refractivity contribution is 0.414. The van der Waals surface area contributed by atoms with Crippen LogP contribution in [-0.4, -0.2) is 33.9 Å². The fraction of sp³-hybridized carbons (Fsp3) is 0.150. The number of nitrogens with zero attached hydrogens (tertiary/aromatic N) is 5. The Morgan fingerprint density at radius 3 is 2.67 bits per heavy atom. The van der Waals surface area contributed by atoms with Crippen LogP contribution in [0.2, 0.25) is 5.28 Å². The molecule has 2 aromatic heterocycles. The molecule has 0 atom stereocenters. The van der Waals surface area contributed by atoms with Crippen LogP contribution in [0.25, 0.3) is 10.9 Å². The molecular formula is C20H18ClN5O. The highest BCUT2D eigenvalue weighted by molar-refractivity contribution is 6.28. The third kappa shape index (κ3) is 3.44. The van der Waals surface area contributed by atoms with Gasteiger partial charge in [-0.1, -0.05) is 18.2 Å². The molecule has 0 saturated carbocycles. The van der Waals surface area contributed by atoms with Gasteiger partial charge in [-0.2, -0.15) is 5.10 Å². The van der Waals surface area contributed by atoms with Crippen molar-refractivity contribution in [3.05, 3.63) is 71.8 Å². The highest BCUT2D eigenvalue weighted by Gasteiger charge is 2.13. The zero-order valence-corrected chi connectivity index (χ0v) is 15.8. The smallest absolute Gasteiger partial charge is 0.224 e. The van der Waals surface area contributed by atoms with Gasteiger partial charge >= 0.3 is 0 Å². The lowest BCUT2D eigenvalue weighted by atomic mass is 10.2. The number of anilines is 2. The average Bonchev–Trinajstić information content (AvgIpc) is 3.11. The van der Waals surface area contributed by atoms with Crippen molar-refractivity contribution < 1.29 is 4.74 Å². The van der Waals surface area contributed by atoms with E-state index in [0.717, 1.165) is 33.7 Å². The molecular weight excluding hydrogens is 362 g/mol. The number of benzene rings is 2. The summed E-state index contributed by atoms with van der Waals surface area (Å²) in [5.41, 5.74) is 3.21. The molecule has 27 heavy (non-hydrogen) atoms. The van der Waals surface area contributed by atoms with Gasteiger partial charge in [-0.15, -0.1) is 0 Å². The molecule has 0 spiro atoms. The van der Waals surface area contributed by atoms with Gasteiger partial charge in [0.05, 0.1) is 31.1 Å². The van der Waals surface area contributed by atoms with Crippen LogP contribution in [0.1, 0.15) is 5.56 Å². The molecule has 4 rings (SSSR count). The molecule has 2 heterocycles. The number of halogens is 1. The van der Waals surface area contributed by atoms with E-state index in [1.54, 1.807) is 13.3 Å². The first-order chi connectivity index (χ1) is 13.2. The van der Waals surface area contributed by atoms with E-state index < -0.39 is 0 Å². The van der Waals surface area contributed by atoms with Crippen LogP contribution in [-0.2, 0) is 6.54 Å². The van der Waals surface area contributed by atoms with Gasteiger partial charge in [-0.25, -0.2) is 9.97 Å². The molecule has 0 aliphatic rings. The van der Waals surface area contributed by atoms with E-state index in [9.17, 15) is 0 Å². The fourth-order valence-corrected chi connectivity index (χ4v) is 3.19. The van der Waals surface area contributed by atoms with Gasteiger partial charge in [0.1, 0.15) is 11.6 Å². The molecule has 0 fully saturated rings. The SMILES string of the molecule is COc1ccc(Cn2ncc3c(N(C)c4ccnc(Cl)n4)cccc32)cc1. The van der Waals surface area contributed by atoms with Crippen LogP contribution >= 0.6 is 11.6 Å². The summed E-state index contributed by atoms with van der Waals surface area (Å²) >= 11 is 5.94. The zero-order chi connectivity index (χ0) is 18.8. The van der Waals surface area contributed by atoms with Gasteiger partial charge in [0.25, 0.3) is 0 Å². The van der Waals surface area contributed by atoms with Gasteiger partial charge < -0.3 is 9.64 Å². The summed E-state index contributed by atoms with van der Waals surface area (Å²) in [6.45, 7) is 0.681. The number of aromatic nitrogens is 4. The van der Waals surface area contributed by atoms with Crippen LogP contribution in [0.5, 0.6) is 5.75 Å². The lowest BCUT2D eigenvalue weighted by Gasteiger charge is -2.19. The summed E-state index contributed by atoms with van der Waals surface area (Å²) < 4.78 is 7.21. The molecule has 136 valence electrons. The molecule has 0 aliphatic carbocycles. The summed E-state index contributed by atoms with van der Waals surface area (Å²) in [5, 5.41) is 5.86. The maximum atomic E-state index is 5.94. The van der Waals surface area contributed by atoms with Gasteiger partial charge in [-0.3, -0.25) is 4.68 Å². The van der Waals surface area contributed by atoms with E-state index in [1.807, 2.05) is 65.3 Å². The first-order valence-electron chi connectivity index (χ1n) is 8.45. The molecule has 4 aromatic rings. The number of methoxy groups -OCH3 is 1. The standard InChI is InChI=1S/C20H18ClN5O/c1-25(19-10-11-22-20(21)24-19)17-4-3-5-18-16(17)12-23-26(18)13-14-6-8-15(27-2)9-7-14/h3-12H,13H2,1-2H3. The Hall–Kier alpha value is -3.12. The van der Waals surface area contributed by atoms with E-state index in [0.29, 0.717) is 6.54 Å². The quantitative estimate of drug-likeness (QED) is 0.484. The fourth-order valence-electron chi connectivity index (χ4n) is 3.05. The van der Waals surface area contributed by atoms with Crippen LogP contribution in [0.4, 0.5) is 11.5 Å². The van der Waals surface area contributed by atoms with Crippen molar-refractivity contribution >= 4 is 34.0 Å². The average molecular weight is 380 g/mol. The molecule has 0 unspecified atom stereocenters. The van der Waals surface area contributed by atoms with Crippen molar-refractivity contribution in [1.29, 1.82) is 0 Å². The summed E-state index contributed by atoms with van der Waals surface area (Å²) in [7, 11) is 3.62. The molecule has 0 N–H and O–H groups in total. The Bertz CT molecular complexity index is 1080. The molecule has 0 amide bonds. The Balaban J connectivity index is 1.68. The molecule has 0 bridgehead atoms. The summed E-state index contributed by atoms with van der Waals surface area (Å²) in [4.78, 5) is 10.2. The summed E-state index contributed by atoms with van der Waals surface area (Å²) in [6, 6.07) is 16.0. The van der Waals surface area contributed by atoms with Gasteiger partial charge in [0, 0.05) is 18.6 Å². The second-order valence-corrected chi connectivity index (χ2v) is 6.44. The number of rotatable bonds is 5.